The summed E-state index contributed by atoms with van der Waals surface area (Å²) in [6.07, 6.45) is 1.18. The molecule has 3 N–H and O–H groups in total. The van der Waals surface area contributed by atoms with E-state index in [1.54, 1.807) is 6.92 Å². The van der Waals surface area contributed by atoms with Crippen molar-refractivity contribution in [3.05, 3.63) is 38.7 Å². The zero-order chi connectivity index (χ0) is 16.3. The number of carbonyl (C=O) groups excluding carboxylic acids is 1. The molecule has 0 aliphatic carbocycles. The predicted octanol–water partition coefficient (Wildman–Crippen LogP) is -1.39. The van der Waals surface area contributed by atoms with Crippen LogP contribution in [0.4, 0.5) is 5.82 Å². The smallest absolute Gasteiger partial charge is 0.342 e. The maximum atomic E-state index is 11.1. The van der Waals surface area contributed by atoms with Crippen molar-refractivity contribution in [3.63, 3.8) is 0 Å². The standard InChI is InChI=1S/C10H13N7O5/c1-6-13-5-8(16(19)20)15(6)3-2-12-4-7-9(10(11)18)17(21)22-14-7/h5,12H,2-4H2,1H3,(H2,11,18). The van der Waals surface area contributed by atoms with Crippen LogP contribution in [0.1, 0.15) is 22.0 Å². The Bertz CT molecular complexity index is 707. The Balaban J connectivity index is 1.95. The number of imidazole rings is 1. The average molecular weight is 311 g/mol. The molecule has 0 saturated carbocycles. The molecule has 2 aromatic heterocycles. The van der Waals surface area contributed by atoms with Gasteiger partial charge in [0.2, 0.25) is 5.69 Å². The molecule has 0 bridgehead atoms. The van der Waals surface area contributed by atoms with Crippen molar-refractivity contribution >= 4 is 11.7 Å². The second-order valence-corrected chi connectivity index (χ2v) is 4.34. The van der Waals surface area contributed by atoms with E-state index in [9.17, 15) is 20.1 Å². The highest BCUT2D eigenvalue weighted by atomic mass is 16.8. The number of primary amides is 1. The molecule has 0 fully saturated rings. The number of nitrogens with one attached hydrogen (secondary N) is 1. The molecule has 22 heavy (non-hydrogen) atoms. The van der Waals surface area contributed by atoms with E-state index >= 15 is 0 Å². The number of aryl methyl sites for hydroxylation is 1. The molecule has 0 saturated heterocycles. The number of hydrogen-bond acceptors (Lipinski definition) is 8. The van der Waals surface area contributed by atoms with E-state index in [4.69, 9.17) is 5.73 Å². The van der Waals surface area contributed by atoms with E-state index in [1.807, 2.05) is 0 Å². The van der Waals surface area contributed by atoms with E-state index in [1.165, 1.54) is 10.8 Å². The Morgan fingerprint density at radius 1 is 1.64 bits per heavy atom. The fourth-order valence-corrected chi connectivity index (χ4v) is 1.90. The van der Waals surface area contributed by atoms with Gasteiger partial charge in [-0.05, 0) is 9.83 Å². The summed E-state index contributed by atoms with van der Waals surface area (Å²) < 4.78 is 5.72. The number of carbonyl (C=O) groups is 1. The summed E-state index contributed by atoms with van der Waals surface area (Å²) in [5.41, 5.74) is 4.73. The molecular formula is C10H13N7O5. The van der Waals surface area contributed by atoms with Gasteiger partial charge in [0, 0.05) is 18.6 Å². The van der Waals surface area contributed by atoms with Crippen LogP contribution in [0.2, 0.25) is 0 Å². The third-order valence-electron chi connectivity index (χ3n) is 2.94. The fourth-order valence-electron chi connectivity index (χ4n) is 1.90. The van der Waals surface area contributed by atoms with Crippen molar-refractivity contribution in [1.82, 2.24) is 20.0 Å². The molecule has 0 aliphatic heterocycles. The number of nitrogens with zero attached hydrogens (tertiary/aromatic N) is 5. The molecule has 0 aromatic carbocycles. The number of rotatable bonds is 7. The molecule has 2 rings (SSSR count). The van der Waals surface area contributed by atoms with Gasteiger partial charge in [-0.15, -0.1) is 0 Å². The summed E-state index contributed by atoms with van der Waals surface area (Å²) in [6.45, 7) is 2.31. The van der Waals surface area contributed by atoms with Crippen LogP contribution < -0.4 is 16.0 Å². The van der Waals surface area contributed by atoms with Gasteiger partial charge in [-0.2, -0.15) is 0 Å². The average Bonchev–Trinajstić information content (AvgIpc) is 2.98. The van der Waals surface area contributed by atoms with Crippen molar-refractivity contribution < 1.29 is 19.2 Å². The molecule has 0 atom stereocenters. The Kier molecular flexibility index (Phi) is 4.31. The molecule has 12 heteroatoms. The topological polar surface area (TPSA) is 169 Å². The van der Waals surface area contributed by atoms with Crippen LogP contribution in [0.3, 0.4) is 0 Å². The maximum Gasteiger partial charge on any atom is 0.342 e. The van der Waals surface area contributed by atoms with Gasteiger partial charge < -0.3 is 26.4 Å². The molecule has 1 amide bonds. The lowest BCUT2D eigenvalue weighted by atomic mass is 10.3. The van der Waals surface area contributed by atoms with E-state index in [2.05, 4.69) is 20.1 Å². The molecule has 0 aliphatic rings. The zero-order valence-corrected chi connectivity index (χ0v) is 11.6. The molecule has 2 heterocycles. The van der Waals surface area contributed by atoms with Gasteiger partial charge in [0.1, 0.15) is 12.7 Å². The second kappa shape index (κ2) is 6.17. The summed E-state index contributed by atoms with van der Waals surface area (Å²) >= 11 is 0. The third-order valence-corrected chi connectivity index (χ3v) is 2.94. The summed E-state index contributed by atoms with van der Waals surface area (Å²) in [4.78, 5) is 25.2. The third kappa shape index (κ3) is 3.01. The molecule has 0 unspecified atom stereocenters. The molecule has 12 nitrogen and oxygen atoms in total. The van der Waals surface area contributed by atoms with E-state index in [0.717, 1.165) is 0 Å². The summed E-state index contributed by atoms with van der Waals surface area (Å²) in [7, 11) is 0. The predicted molar refractivity (Wildman–Crippen MR) is 69.3 cm³/mol. The number of amides is 1. The normalized spacial score (nSPS) is 10.8. The van der Waals surface area contributed by atoms with Crippen molar-refractivity contribution in [2.24, 2.45) is 5.73 Å². The highest BCUT2D eigenvalue weighted by molar-refractivity contribution is 5.90. The first kappa shape index (κ1) is 15.4. The Morgan fingerprint density at radius 3 is 3.00 bits per heavy atom. The van der Waals surface area contributed by atoms with Crippen LogP contribution >= 0.6 is 0 Å². The minimum Gasteiger partial charge on any atom is -0.362 e. The van der Waals surface area contributed by atoms with Gasteiger partial charge in [0.25, 0.3) is 11.6 Å². The van der Waals surface area contributed by atoms with Crippen molar-refractivity contribution in [2.75, 3.05) is 6.54 Å². The highest BCUT2D eigenvalue weighted by Gasteiger charge is 2.24. The Labute approximate surface area is 123 Å². The highest BCUT2D eigenvalue weighted by Crippen LogP contribution is 2.12. The lowest BCUT2D eigenvalue weighted by Gasteiger charge is -2.03. The molecule has 2 aromatic rings. The van der Waals surface area contributed by atoms with Crippen LogP contribution in [0.5, 0.6) is 0 Å². The van der Waals surface area contributed by atoms with Gasteiger partial charge in [-0.25, -0.2) is 9.55 Å². The maximum absolute atomic E-state index is 11.1. The summed E-state index contributed by atoms with van der Waals surface area (Å²) in [6, 6.07) is 0. The van der Waals surface area contributed by atoms with Crippen LogP contribution in [-0.4, -0.2) is 32.1 Å². The number of nitro groups is 1. The molecule has 118 valence electrons. The van der Waals surface area contributed by atoms with E-state index < -0.39 is 10.8 Å². The number of aromatic nitrogens is 4. The quantitative estimate of drug-likeness (QED) is 0.272. The Morgan fingerprint density at radius 2 is 2.36 bits per heavy atom. The monoisotopic (exact) mass is 311 g/mol. The van der Waals surface area contributed by atoms with Gasteiger partial charge in [0.15, 0.2) is 5.82 Å². The molecule has 0 radical (unpaired) electrons. The Hall–Kier alpha value is -3.02. The van der Waals surface area contributed by atoms with Crippen LogP contribution in [0, 0.1) is 22.2 Å². The number of hydrogen-bond donors (Lipinski definition) is 2. The first-order valence-corrected chi connectivity index (χ1v) is 6.17. The van der Waals surface area contributed by atoms with Gasteiger partial charge in [0.05, 0.1) is 6.54 Å². The van der Waals surface area contributed by atoms with Crippen molar-refractivity contribution in [3.8, 4) is 0 Å². The molecular weight excluding hydrogens is 298 g/mol. The lowest BCUT2D eigenvalue weighted by molar-refractivity contribution is -0.803. The zero-order valence-electron chi connectivity index (χ0n) is 11.6. The van der Waals surface area contributed by atoms with Gasteiger partial charge >= 0.3 is 5.82 Å². The largest absolute Gasteiger partial charge is 0.362 e. The molecule has 0 spiro atoms. The summed E-state index contributed by atoms with van der Waals surface area (Å²) in [5.74, 6) is -0.560. The first-order chi connectivity index (χ1) is 10.4. The minimum absolute atomic E-state index is 0.0541. The van der Waals surface area contributed by atoms with E-state index in [-0.39, 0.29) is 35.2 Å². The van der Waals surface area contributed by atoms with Crippen LogP contribution in [-0.2, 0) is 13.1 Å². The fraction of sp³-hybridized carbons (Fsp3) is 0.400. The SMILES string of the molecule is Cc1ncc([N+](=O)[O-])n1CCNCc1no[n+]([O-])c1C(N)=O. The first-order valence-electron chi connectivity index (χ1n) is 6.17. The number of nitrogens with two attached hydrogens (primary N) is 1. The van der Waals surface area contributed by atoms with Crippen LogP contribution in [0.25, 0.3) is 0 Å². The van der Waals surface area contributed by atoms with Crippen LogP contribution in [0.15, 0.2) is 10.8 Å². The van der Waals surface area contributed by atoms with Crippen molar-refractivity contribution in [2.45, 2.75) is 20.0 Å². The van der Waals surface area contributed by atoms with Gasteiger partial charge in [-0.1, -0.05) is 0 Å². The van der Waals surface area contributed by atoms with E-state index in [0.29, 0.717) is 12.4 Å². The van der Waals surface area contributed by atoms with Gasteiger partial charge in [-0.3, -0.25) is 9.42 Å². The van der Waals surface area contributed by atoms with Crippen molar-refractivity contribution in [1.29, 1.82) is 0 Å². The summed E-state index contributed by atoms with van der Waals surface area (Å²) in [5, 5.41) is 28.3. The second-order valence-electron chi connectivity index (χ2n) is 4.34. The lowest BCUT2D eigenvalue weighted by Crippen LogP contribution is -2.35. The minimum atomic E-state index is -0.950.